The summed E-state index contributed by atoms with van der Waals surface area (Å²) in [4.78, 5) is 41.5. The second-order valence-electron chi connectivity index (χ2n) is 5.97. The SMILES string of the molecule is CCCC(Cl)C(=O)NC(C(=O)Nc1nccs1)C(=O)c1cccc(C(F)(F)F)c1. The van der Waals surface area contributed by atoms with Gasteiger partial charge in [-0.2, -0.15) is 13.2 Å². The van der Waals surface area contributed by atoms with E-state index < -0.39 is 40.8 Å². The Morgan fingerprint density at radius 2 is 1.97 bits per heavy atom. The third kappa shape index (κ3) is 6.26. The third-order valence-electron chi connectivity index (χ3n) is 3.77. The van der Waals surface area contributed by atoms with Gasteiger partial charge in [-0.1, -0.05) is 25.5 Å². The van der Waals surface area contributed by atoms with Crippen molar-refractivity contribution in [2.75, 3.05) is 5.32 Å². The first-order chi connectivity index (χ1) is 13.6. The molecule has 2 aromatic rings. The number of alkyl halides is 4. The summed E-state index contributed by atoms with van der Waals surface area (Å²) in [7, 11) is 0. The Bertz CT molecular complexity index is 875. The number of nitrogens with one attached hydrogen (secondary N) is 2. The number of thiazole rings is 1. The summed E-state index contributed by atoms with van der Waals surface area (Å²) < 4.78 is 38.9. The largest absolute Gasteiger partial charge is 0.416 e. The van der Waals surface area contributed by atoms with Crippen molar-refractivity contribution in [1.29, 1.82) is 0 Å². The van der Waals surface area contributed by atoms with E-state index in [1.807, 2.05) is 0 Å². The summed E-state index contributed by atoms with van der Waals surface area (Å²) in [5, 5.41) is 5.34. The van der Waals surface area contributed by atoms with E-state index in [1.54, 1.807) is 12.3 Å². The van der Waals surface area contributed by atoms with Crippen molar-refractivity contribution < 1.29 is 27.6 Å². The van der Waals surface area contributed by atoms with Crippen molar-refractivity contribution in [1.82, 2.24) is 10.3 Å². The van der Waals surface area contributed by atoms with Gasteiger partial charge in [-0.3, -0.25) is 19.7 Å². The van der Waals surface area contributed by atoms with Crippen molar-refractivity contribution in [2.24, 2.45) is 0 Å². The lowest BCUT2D eigenvalue weighted by atomic mass is 10.0. The number of aromatic nitrogens is 1. The minimum atomic E-state index is -4.67. The number of Topliss-reactive ketones (excluding diaryl/α,β-unsaturated/α-hetero) is 1. The van der Waals surface area contributed by atoms with E-state index in [0.717, 1.165) is 29.5 Å². The lowest BCUT2D eigenvalue weighted by molar-refractivity contribution is -0.137. The van der Waals surface area contributed by atoms with Crippen molar-refractivity contribution in [3.63, 3.8) is 0 Å². The molecule has 6 nitrogen and oxygen atoms in total. The predicted octanol–water partition coefficient (Wildman–Crippen LogP) is 3.88. The fourth-order valence-electron chi connectivity index (χ4n) is 2.35. The van der Waals surface area contributed by atoms with E-state index in [-0.39, 0.29) is 10.7 Å². The zero-order valence-corrected chi connectivity index (χ0v) is 16.7. The van der Waals surface area contributed by atoms with Crippen LogP contribution >= 0.6 is 22.9 Å². The highest BCUT2D eigenvalue weighted by molar-refractivity contribution is 7.13. The molecule has 156 valence electrons. The van der Waals surface area contributed by atoms with E-state index in [9.17, 15) is 27.6 Å². The van der Waals surface area contributed by atoms with Crippen LogP contribution in [0.5, 0.6) is 0 Å². The minimum Gasteiger partial charge on any atom is -0.337 e. The molecule has 29 heavy (non-hydrogen) atoms. The van der Waals surface area contributed by atoms with Crippen LogP contribution in [-0.4, -0.2) is 34.0 Å². The van der Waals surface area contributed by atoms with Crippen LogP contribution in [0.4, 0.5) is 18.3 Å². The number of anilines is 1. The molecule has 1 aromatic heterocycles. The van der Waals surface area contributed by atoms with Crippen molar-refractivity contribution in [2.45, 2.75) is 37.4 Å². The number of benzene rings is 1. The van der Waals surface area contributed by atoms with Crippen LogP contribution < -0.4 is 10.6 Å². The van der Waals surface area contributed by atoms with Crippen molar-refractivity contribution >= 4 is 45.7 Å². The molecular formula is C18H17ClF3N3O3S. The monoisotopic (exact) mass is 447 g/mol. The van der Waals surface area contributed by atoms with Crippen LogP contribution in [0.15, 0.2) is 35.8 Å². The molecule has 0 bridgehead atoms. The first-order valence-electron chi connectivity index (χ1n) is 8.49. The number of carbonyl (C=O) groups excluding carboxylic acids is 3. The molecule has 2 amide bonds. The molecule has 0 aliphatic rings. The summed E-state index contributed by atoms with van der Waals surface area (Å²) in [5.74, 6) is -2.71. The van der Waals surface area contributed by atoms with E-state index in [4.69, 9.17) is 11.6 Å². The van der Waals surface area contributed by atoms with Crippen molar-refractivity contribution in [3.05, 3.63) is 47.0 Å². The van der Waals surface area contributed by atoms with Crippen LogP contribution in [0.25, 0.3) is 0 Å². The van der Waals surface area contributed by atoms with Gasteiger partial charge in [0.25, 0.3) is 5.91 Å². The van der Waals surface area contributed by atoms with Gasteiger partial charge < -0.3 is 5.32 Å². The quantitative estimate of drug-likeness (QED) is 0.365. The molecule has 0 aliphatic carbocycles. The van der Waals surface area contributed by atoms with Gasteiger partial charge in [0.1, 0.15) is 5.38 Å². The molecule has 0 spiro atoms. The van der Waals surface area contributed by atoms with Crippen LogP contribution in [0.2, 0.25) is 0 Å². The molecule has 0 saturated carbocycles. The second-order valence-corrected chi connectivity index (χ2v) is 7.39. The normalized spacial score (nSPS) is 13.4. The highest BCUT2D eigenvalue weighted by atomic mass is 35.5. The number of nitrogens with zero attached hydrogens (tertiary/aromatic N) is 1. The number of hydrogen-bond donors (Lipinski definition) is 2. The molecule has 0 aliphatic heterocycles. The second kappa shape index (κ2) is 9.84. The molecule has 2 N–H and O–H groups in total. The maximum atomic E-state index is 13.0. The van der Waals surface area contributed by atoms with Gasteiger partial charge >= 0.3 is 6.18 Å². The topological polar surface area (TPSA) is 88.2 Å². The van der Waals surface area contributed by atoms with Crippen LogP contribution in [0.3, 0.4) is 0 Å². The zero-order chi connectivity index (χ0) is 21.6. The molecule has 1 aromatic carbocycles. The van der Waals surface area contributed by atoms with Gasteiger partial charge in [0.2, 0.25) is 5.91 Å². The summed E-state index contributed by atoms with van der Waals surface area (Å²) in [6, 6.07) is 1.85. The summed E-state index contributed by atoms with van der Waals surface area (Å²) in [5.41, 5.74) is -1.42. The molecular weight excluding hydrogens is 431 g/mol. The lowest BCUT2D eigenvalue weighted by Crippen LogP contribution is -2.51. The Kier molecular flexibility index (Phi) is 7.74. The van der Waals surface area contributed by atoms with Crippen LogP contribution in [-0.2, 0) is 15.8 Å². The van der Waals surface area contributed by atoms with E-state index >= 15 is 0 Å². The van der Waals surface area contributed by atoms with Gasteiger partial charge in [0.05, 0.1) is 5.56 Å². The van der Waals surface area contributed by atoms with Crippen LogP contribution in [0, 0.1) is 0 Å². The molecule has 2 atom stereocenters. The van der Waals surface area contributed by atoms with E-state index in [0.29, 0.717) is 18.9 Å². The van der Waals surface area contributed by atoms with Gasteiger partial charge in [0, 0.05) is 17.1 Å². The third-order valence-corrected chi connectivity index (χ3v) is 4.88. The number of rotatable bonds is 8. The summed E-state index contributed by atoms with van der Waals surface area (Å²) >= 11 is 7.02. The fraction of sp³-hybridized carbons (Fsp3) is 0.333. The Labute approximate surface area is 173 Å². The number of amides is 2. The smallest absolute Gasteiger partial charge is 0.337 e. The first-order valence-corrected chi connectivity index (χ1v) is 9.81. The zero-order valence-electron chi connectivity index (χ0n) is 15.1. The molecule has 1 heterocycles. The average molecular weight is 448 g/mol. The Morgan fingerprint density at radius 3 is 2.55 bits per heavy atom. The summed E-state index contributed by atoms with van der Waals surface area (Å²) in [6.45, 7) is 1.79. The molecule has 0 radical (unpaired) electrons. The van der Waals surface area contributed by atoms with Gasteiger partial charge in [0.15, 0.2) is 17.0 Å². The molecule has 0 saturated heterocycles. The molecule has 0 fully saturated rings. The van der Waals surface area contributed by atoms with Crippen LogP contribution in [0.1, 0.15) is 35.7 Å². The van der Waals surface area contributed by atoms with Gasteiger partial charge in [-0.05, 0) is 18.6 Å². The highest BCUT2D eigenvalue weighted by Gasteiger charge is 2.34. The number of hydrogen-bond acceptors (Lipinski definition) is 5. The highest BCUT2D eigenvalue weighted by Crippen LogP contribution is 2.29. The Hall–Kier alpha value is -2.46. The Morgan fingerprint density at radius 1 is 1.24 bits per heavy atom. The van der Waals surface area contributed by atoms with Crippen molar-refractivity contribution in [3.8, 4) is 0 Å². The predicted molar refractivity (Wildman–Crippen MR) is 103 cm³/mol. The number of carbonyl (C=O) groups is 3. The van der Waals surface area contributed by atoms with E-state index in [1.165, 1.54) is 6.20 Å². The molecule has 2 unspecified atom stereocenters. The first kappa shape index (κ1) is 22.8. The van der Waals surface area contributed by atoms with Gasteiger partial charge in [-0.25, -0.2) is 4.98 Å². The number of halogens is 4. The average Bonchev–Trinajstić information content (AvgIpc) is 3.17. The number of ketones is 1. The Balaban J connectivity index is 2.31. The molecule has 2 rings (SSSR count). The maximum absolute atomic E-state index is 13.0. The fourth-order valence-corrected chi connectivity index (χ4v) is 3.16. The standard InChI is InChI=1S/C18H17ClF3N3O3S/c1-2-4-12(19)15(27)24-13(16(28)25-17-23-7-8-29-17)14(26)10-5-3-6-11(9-10)18(20,21)22/h3,5-9,12-13H,2,4H2,1H3,(H,24,27)(H,23,25,28). The summed E-state index contributed by atoms with van der Waals surface area (Å²) in [6.07, 6.45) is -2.37. The van der Waals surface area contributed by atoms with E-state index in [2.05, 4.69) is 15.6 Å². The van der Waals surface area contributed by atoms with Gasteiger partial charge in [-0.15, -0.1) is 22.9 Å². The minimum absolute atomic E-state index is 0.169. The molecule has 11 heteroatoms. The maximum Gasteiger partial charge on any atom is 0.416 e. The lowest BCUT2D eigenvalue weighted by Gasteiger charge is -2.19.